The lowest BCUT2D eigenvalue weighted by Crippen LogP contribution is -2.43. The van der Waals surface area contributed by atoms with Gasteiger partial charge in [-0.15, -0.1) is 0 Å². The lowest BCUT2D eigenvalue weighted by atomic mass is 9.78. The van der Waals surface area contributed by atoms with Gasteiger partial charge in [0.05, 0.1) is 7.11 Å². The molecule has 0 aromatic heterocycles. The number of carbonyl (C=O) groups excluding carboxylic acids is 2. The first-order valence-corrected chi connectivity index (χ1v) is 10.2. The minimum Gasteiger partial charge on any atom is -0.497 e. The molecule has 2 N–H and O–H groups in total. The summed E-state index contributed by atoms with van der Waals surface area (Å²) in [5.74, 6) is 0.643. The lowest BCUT2D eigenvalue weighted by Gasteiger charge is -2.30. The molecule has 1 saturated carbocycles. The van der Waals surface area contributed by atoms with Crippen LogP contribution in [-0.2, 0) is 15.0 Å². The largest absolute Gasteiger partial charge is 0.497 e. The molecule has 7 heteroatoms. The molecule has 0 unspecified atom stereocenters. The Balaban J connectivity index is 1.39. The van der Waals surface area contributed by atoms with E-state index in [9.17, 15) is 9.59 Å². The number of benzene rings is 2. The zero-order valence-corrected chi connectivity index (χ0v) is 17.0. The molecule has 0 saturated heterocycles. The second-order valence-electron chi connectivity index (χ2n) is 7.71. The molecule has 158 valence electrons. The first-order chi connectivity index (χ1) is 14.6. The lowest BCUT2D eigenvalue weighted by molar-refractivity contribution is -0.136. The van der Waals surface area contributed by atoms with Crippen LogP contribution in [0.25, 0.3) is 0 Å². The van der Waals surface area contributed by atoms with Crippen LogP contribution in [0.3, 0.4) is 0 Å². The molecule has 2 aromatic rings. The van der Waals surface area contributed by atoms with Crippen LogP contribution in [0.4, 0.5) is 5.69 Å². The van der Waals surface area contributed by atoms with E-state index in [1.807, 2.05) is 24.3 Å². The highest BCUT2D eigenvalue weighted by Gasteiger charge is 2.36. The maximum atomic E-state index is 12.5. The van der Waals surface area contributed by atoms with Crippen LogP contribution in [-0.4, -0.2) is 38.7 Å². The van der Waals surface area contributed by atoms with Crippen molar-refractivity contribution in [1.82, 2.24) is 5.32 Å². The Bertz CT molecular complexity index is 920. The zero-order valence-electron chi connectivity index (χ0n) is 17.0. The minimum atomic E-state index is -0.699. The molecule has 2 aromatic carbocycles. The molecular formula is C23H26N2O5. The van der Waals surface area contributed by atoms with Crippen LogP contribution in [0.5, 0.6) is 17.2 Å². The quantitative estimate of drug-likeness (QED) is 0.740. The Kier molecular flexibility index (Phi) is 5.79. The smallest absolute Gasteiger partial charge is 0.313 e. The monoisotopic (exact) mass is 410 g/mol. The zero-order chi connectivity index (χ0) is 21.0. The van der Waals surface area contributed by atoms with Crippen molar-refractivity contribution in [1.29, 1.82) is 0 Å². The number of anilines is 1. The van der Waals surface area contributed by atoms with E-state index >= 15 is 0 Å². The molecule has 2 amide bonds. The van der Waals surface area contributed by atoms with Gasteiger partial charge in [-0.25, -0.2) is 0 Å². The second kappa shape index (κ2) is 8.65. The fourth-order valence-electron chi connectivity index (χ4n) is 4.20. The maximum absolute atomic E-state index is 12.5. The predicted octanol–water partition coefficient (Wildman–Crippen LogP) is 3.03. The van der Waals surface area contributed by atoms with E-state index in [1.165, 1.54) is 0 Å². The van der Waals surface area contributed by atoms with E-state index in [0.29, 0.717) is 36.9 Å². The Hall–Kier alpha value is -3.22. The molecule has 1 heterocycles. The highest BCUT2D eigenvalue weighted by Crippen LogP contribution is 2.41. The first kappa shape index (κ1) is 20.1. The SMILES string of the molecule is COc1ccc(C2(CNC(=O)C(=O)Nc3ccc4c(c3)OCCO4)CCCC2)cc1. The van der Waals surface area contributed by atoms with E-state index in [4.69, 9.17) is 14.2 Å². The van der Waals surface area contributed by atoms with Gasteiger partial charge in [0.2, 0.25) is 0 Å². The summed E-state index contributed by atoms with van der Waals surface area (Å²) in [6.07, 6.45) is 4.16. The molecule has 1 aliphatic carbocycles. The minimum absolute atomic E-state index is 0.154. The normalized spacial score (nSPS) is 16.6. The second-order valence-corrected chi connectivity index (χ2v) is 7.71. The molecule has 1 aliphatic heterocycles. The number of nitrogens with one attached hydrogen (secondary N) is 2. The van der Waals surface area contributed by atoms with Crippen LogP contribution in [0.1, 0.15) is 31.2 Å². The van der Waals surface area contributed by atoms with Gasteiger partial charge < -0.3 is 24.8 Å². The molecule has 0 bridgehead atoms. The average molecular weight is 410 g/mol. The fraction of sp³-hybridized carbons (Fsp3) is 0.391. The number of ether oxygens (including phenoxy) is 3. The third-order valence-electron chi connectivity index (χ3n) is 5.86. The van der Waals surface area contributed by atoms with Gasteiger partial charge in [-0.2, -0.15) is 0 Å². The van der Waals surface area contributed by atoms with Crippen molar-refractivity contribution in [3.63, 3.8) is 0 Å². The number of carbonyl (C=O) groups is 2. The first-order valence-electron chi connectivity index (χ1n) is 10.2. The summed E-state index contributed by atoms with van der Waals surface area (Å²) in [6, 6.07) is 13.0. The van der Waals surface area contributed by atoms with E-state index < -0.39 is 11.8 Å². The summed E-state index contributed by atoms with van der Waals surface area (Å²) in [7, 11) is 1.64. The van der Waals surface area contributed by atoms with Crippen molar-refractivity contribution in [3.05, 3.63) is 48.0 Å². The molecule has 0 radical (unpaired) electrons. The molecular weight excluding hydrogens is 384 g/mol. The third-order valence-corrected chi connectivity index (χ3v) is 5.86. The highest BCUT2D eigenvalue weighted by atomic mass is 16.6. The average Bonchev–Trinajstić information content (AvgIpc) is 3.27. The summed E-state index contributed by atoms with van der Waals surface area (Å²) in [6.45, 7) is 1.38. The number of methoxy groups -OCH3 is 1. The van der Waals surface area contributed by atoms with Gasteiger partial charge in [0, 0.05) is 23.7 Å². The van der Waals surface area contributed by atoms with Gasteiger partial charge in [-0.1, -0.05) is 25.0 Å². The van der Waals surface area contributed by atoms with Crippen LogP contribution in [0.15, 0.2) is 42.5 Å². The van der Waals surface area contributed by atoms with Crippen molar-refractivity contribution in [3.8, 4) is 17.2 Å². The summed E-state index contributed by atoms with van der Waals surface area (Å²) in [5, 5.41) is 5.47. The molecule has 2 aliphatic rings. The Morgan fingerprint density at radius 1 is 0.967 bits per heavy atom. The van der Waals surface area contributed by atoms with Gasteiger partial charge in [0.15, 0.2) is 11.5 Å². The Morgan fingerprint density at radius 2 is 1.67 bits per heavy atom. The molecule has 0 atom stereocenters. The van der Waals surface area contributed by atoms with Crippen LogP contribution in [0.2, 0.25) is 0 Å². The Labute approximate surface area is 175 Å². The van der Waals surface area contributed by atoms with Gasteiger partial charge in [0.1, 0.15) is 19.0 Å². The molecule has 30 heavy (non-hydrogen) atoms. The van der Waals surface area contributed by atoms with Gasteiger partial charge >= 0.3 is 11.8 Å². The molecule has 0 spiro atoms. The van der Waals surface area contributed by atoms with Gasteiger partial charge in [-0.3, -0.25) is 9.59 Å². The van der Waals surface area contributed by atoms with E-state index in [0.717, 1.165) is 37.0 Å². The topological polar surface area (TPSA) is 85.9 Å². The molecule has 4 rings (SSSR count). The number of amides is 2. The molecule has 1 fully saturated rings. The standard InChI is InChI=1S/C23H26N2O5/c1-28-18-7-4-16(5-8-18)23(10-2-3-11-23)15-24-21(26)22(27)25-17-6-9-19-20(14-17)30-13-12-29-19/h4-9,14H,2-3,10-13,15H2,1H3,(H,24,26)(H,25,27). The number of fused-ring (bicyclic) bond motifs is 1. The number of hydrogen-bond acceptors (Lipinski definition) is 5. The summed E-state index contributed by atoms with van der Waals surface area (Å²) in [4.78, 5) is 24.9. The van der Waals surface area contributed by atoms with Gasteiger partial charge in [-0.05, 0) is 42.7 Å². The van der Waals surface area contributed by atoms with Crippen molar-refractivity contribution < 1.29 is 23.8 Å². The van der Waals surface area contributed by atoms with Crippen LogP contribution in [0, 0.1) is 0 Å². The van der Waals surface area contributed by atoms with E-state index in [-0.39, 0.29) is 5.41 Å². The van der Waals surface area contributed by atoms with E-state index in [1.54, 1.807) is 25.3 Å². The van der Waals surface area contributed by atoms with Gasteiger partial charge in [0.25, 0.3) is 0 Å². The number of hydrogen-bond donors (Lipinski definition) is 2. The van der Waals surface area contributed by atoms with Crippen molar-refractivity contribution in [2.75, 3.05) is 32.2 Å². The molecule has 7 nitrogen and oxygen atoms in total. The predicted molar refractivity (Wildman–Crippen MR) is 112 cm³/mol. The van der Waals surface area contributed by atoms with Crippen molar-refractivity contribution in [2.24, 2.45) is 0 Å². The summed E-state index contributed by atoms with van der Waals surface area (Å²) >= 11 is 0. The summed E-state index contributed by atoms with van der Waals surface area (Å²) < 4.78 is 16.2. The van der Waals surface area contributed by atoms with Crippen molar-refractivity contribution >= 4 is 17.5 Å². The maximum Gasteiger partial charge on any atom is 0.313 e. The fourth-order valence-corrected chi connectivity index (χ4v) is 4.20. The Morgan fingerprint density at radius 3 is 2.37 bits per heavy atom. The third kappa shape index (κ3) is 4.20. The summed E-state index contributed by atoms with van der Waals surface area (Å²) in [5.41, 5.74) is 1.50. The highest BCUT2D eigenvalue weighted by molar-refractivity contribution is 6.39. The number of rotatable bonds is 5. The van der Waals surface area contributed by atoms with Crippen LogP contribution >= 0.6 is 0 Å². The van der Waals surface area contributed by atoms with Crippen LogP contribution < -0.4 is 24.8 Å². The van der Waals surface area contributed by atoms with Crippen molar-refractivity contribution in [2.45, 2.75) is 31.1 Å². The van der Waals surface area contributed by atoms with E-state index in [2.05, 4.69) is 10.6 Å².